The summed E-state index contributed by atoms with van der Waals surface area (Å²) in [4.78, 5) is 34.0. The van der Waals surface area contributed by atoms with Gasteiger partial charge in [0.05, 0.1) is 12.2 Å². The molecule has 0 aliphatic heterocycles. The largest absolute Gasteiger partial charge is 0.333 e. The summed E-state index contributed by atoms with van der Waals surface area (Å²) in [7, 11) is 4.01. The number of amides is 2. The van der Waals surface area contributed by atoms with E-state index in [4.69, 9.17) is 0 Å². The van der Waals surface area contributed by atoms with E-state index in [2.05, 4.69) is 22.1 Å². The number of nitrogens with zero attached hydrogens (tertiary/aromatic N) is 3. The number of unbranched alkanes of at least 4 members (excludes halogenated alkanes) is 2. The first-order chi connectivity index (χ1) is 11.8. The van der Waals surface area contributed by atoms with E-state index in [1.807, 2.05) is 27.9 Å². The van der Waals surface area contributed by atoms with Crippen molar-refractivity contribution in [2.45, 2.75) is 52.9 Å². The van der Waals surface area contributed by atoms with E-state index >= 15 is 0 Å². The molecule has 1 aromatic heterocycles. The predicted octanol–water partition coefficient (Wildman–Crippen LogP) is 3.06. The quantitative estimate of drug-likeness (QED) is 0.610. The van der Waals surface area contributed by atoms with Crippen molar-refractivity contribution in [2.24, 2.45) is 0 Å². The van der Waals surface area contributed by atoms with Gasteiger partial charge in [-0.05, 0) is 47.3 Å². The van der Waals surface area contributed by atoms with E-state index in [-0.39, 0.29) is 18.4 Å². The summed E-state index contributed by atoms with van der Waals surface area (Å²) in [6.45, 7) is 7.61. The first-order valence-corrected chi connectivity index (χ1v) is 9.81. The number of hydrogen-bond acceptors (Lipinski definition) is 5. The van der Waals surface area contributed by atoms with Crippen LogP contribution in [0.25, 0.3) is 0 Å². The molecule has 0 aromatic carbocycles. The van der Waals surface area contributed by atoms with Crippen LogP contribution in [-0.2, 0) is 9.59 Å². The molecule has 0 unspecified atom stereocenters. The molecule has 1 rings (SSSR count). The summed E-state index contributed by atoms with van der Waals surface area (Å²) >= 11 is 1.46. The molecule has 0 radical (unpaired) electrons. The SMILES string of the molecule is CCCCCC(=O)N(CCCN(C)C)CC(=O)Nc1nc(C)c(C)s1. The van der Waals surface area contributed by atoms with E-state index in [1.165, 1.54) is 11.3 Å². The first-order valence-electron chi connectivity index (χ1n) is 8.99. The molecule has 2 amide bonds. The van der Waals surface area contributed by atoms with Gasteiger partial charge in [-0.2, -0.15) is 0 Å². The number of carbonyl (C=O) groups excluding carboxylic acids is 2. The third-order valence-electron chi connectivity index (χ3n) is 3.99. The minimum Gasteiger partial charge on any atom is -0.333 e. The minimum absolute atomic E-state index is 0.0638. The van der Waals surface area contributed by atoms with Crippen molar-refractivity contribution in [1.29, 1.82) is 0 Å². The topological polar surface area (TPSA) is 65.5 Å². The normalized spacial score (nSPS) is 11.0. The molecule has 1 heterocycles. The second-order valence-corrected chi connectivity index (χ2v) is 7.84. The molecule has 0 aliphatic rings. The maximum absolute atomic E-state index is 12.5. The number of hydrogen-bond donors (Lipinski definition) is 1. The number of rotatable bonds is 11. The Morgan fingerprint density at radius 1 is 1.12 bits per heavy atom. The van der Waals surface area contributed by atoms with Gasteiger partial charge in [-0.1, -0.05) is 19.8 Å². The lowest BCUT2D eigenvalue weighted by Crippen LogP contribution is -2.39. The highest BCUT2D eigenvalue weighted by Gasteiger charge is 2.18. The number of anilines is 1. The van der Waals surface area contributed by atoms with Gasteiger partial charge in [-0.15, -0.1) is 11.3 Å². The average Bonchev–Trinajstić information content (AvgIpc) is 2.83. The zero-order chi connectivity index (χ0) is 18.8. The summed E-state index contributed by atoms with van der Waals surface area (Å²) in [5, 5.41) is 3.42. The van der Waals surface area contributed by atoms with E-state index < -0.39 is 0 Å². The molecule has 1 N–H and O–H groups in total. The van der Waals surface area contributed by atoms with Gasteiger partial charge in [0.2, 0.25) is 11.8 Å². The van der Waals surface area contributed by atoms with Crippen molar-refractivity contribution in [3.63, 3.8) is 0 Å². The summed E-state index contributed by atoms with van der Waals surface area (Å²) in [5.41, 5.74) is 0.929. The fourth-order valence-corrected chi connectivity index (χ4v) is 3.24. The van der Waals surface area contributed by atoms with Crippen LogP contribution in [0.4, 0.5) is 5.13 Å². The lowest BCUT2D eigenvalue weighted by atomic mass is 10.2. The van der Waals surface area contributed by atoms with Crippen LogP contribution >= 0.6 is 11.3 Å². The molecule has 0 saturated heterocycles. The van der Waals surface area contributed by atoms with Crippen LogP contribution < -0.4 is 5.32 Å². The second-order valence-electron chi connectivity index (χ2n) is 6.64. The molecule has 0 saturated carbocycles. The molecule has 7 heteroatoms. The zero-order valence-corrected chi connectivity index (χ0v) is 17.0. The number of nitrogens with one attached hydrogen (secondary N) is 1. The van der Waals surface area contributed by atoms with E-state index in [0.717, 1.165) is 42.8 Å². The summed E-state index contributed by atoms with van der Waals surface area (Å²) < 4.78 is 0. The Bertz CT molecular complexity index is 538. The summed E-state index contributed by atoms with van der Waals surface area (Å²) in [5.74, 6) is -0.115. The average molecular weight is 369 g/mol. The van der Waals surface area contributed by atoms with E-state index in [0.29, 0.717) is 18.1 Å². The van der Waals surface area contributed by atoms with Gasteiger partial charge in [0.1, 0.15) is 0 Å². The molecule has 0 aliphatic carbocycles. The Kier molecular flexibility index (Phi) is 9.67. The van der Waals surface area contributed by atoms with Crippen LogP contribution in [0, 0.1) is 13.8 Å². The third-order valence-corrected chi connectivity index (χ3v) is 4.98. The monoisotopic (exact) mass is 368 g/mol. The lowest BCUT2D eigenvalue weighted by molar-refractivity contribution is -0.134. The molecule has 0 atom stereocenters. The number of aryl methyl sites for hydroxylation is 2. The van der Waals surface area contributed by atoms with Crippen molar-refractivity contribution in [2.75, 3.05) is 39.0 Å². The van der Waals surface area contributed by atoms with Crippen molar-refractivity contribution in [3.05, 3.63) is 10.6 Å². The number of aromatic nitrogens is 1. The number of carbonyl (C=O) groups is 2. The Balaban J connectivity index is 2.59. The van der Waals surface area contributed by atoms with Crippen molar-refractivity contribution in [1.82, 2.24) is 14.8 Å². The van der Waals surface area contributed by atoms with Crippen LogP contribution in [0.3, 0.4) is 0 Å². The van der Waals surface area contributed by atoms with Crippen LogP contribution in [-0.4, -0.2) is 60.3 Å². The fraction of sp³-hybridized carbons (Fsp3) is 0.722. The second kappa shape index (κ2) is 11.2. The highest BCUT2D eigenvalue weighted by molar-refractivity contribution is 7.15. The predicted molar refractivity (Wildman–Crippen MR) is 104 cm³/mol. The van der Waals surface area contributed by atoms with Gasteiger partial charge in [0.15, 0.2) is 5.13 Å². The highest BCUT2D eigenvalue weighted by atomic mass is 32.1. The van der Waals surface area contributed by atoms with Gasteiger partial charge in [-0.3, -0.25) is 9.59 Å². The van der Waals surface area contributed by atoms with Gasteiger partial charge >= 0.3 is 0 Å². The van der Waals surface area contributed by atoms with Crippen molar-refractivity contribution in [3.8, 4) is 0 Å². The molecule has 6 nitrogen and oxygen atoms in total. The Labute approximate surface area is 155 Å². The molecule has 0 spiro atoms. The van der Waals surface area contributed by atoms with Crippen molar-refractivity contribution >= 4 is 28.3 Å². The molecule has 142 valence electrons. The van der Waals surface area contributed by atoms with Gasteiger partial charge in [0.25, 0.3) is 0 Å². The molecular weight excluding hydrogens is 336 g/mol. The van der Waals surface area contributed by atoms with E-state index in [9.17, 15) is 9.59 Å². The smallest absolute Gasteiger partial charge is 0.245 e. The van der Waals surface area contributed by atoms with E-state index in [1.54, 1.807) is 4.90 Å². The Morgan fingerprint density at radius 2 is 1.84 bits per heavy atom. The molecule has 1 aromatic rings. The third kappa shape index (κ3) is 8.45. The summed E-state index contributed by atoms with van der Waals surface area (Å²) in [6.07, 6.45) is 4.37. The van der Waals surface area contributed by atoms with Gasteiger partial charge in [-0.25, -0.2) is 4.98 Å². The first kappa shape index (κ1) is 21.6. The molecule has 0 bridgehead atoms. The van der Waals surface area contributed by atoms with Gasteiger partial charge < -0.3 is 15.1 Å². The number of thiazole rings is 1. The Morgan fingerprint density at radius 3 is 2.40 bits per heavy atom. The molecule has 25 heavy (non-hydrogen) atoms. The van der Waals surface area contributed by atoms with Crippen LogP contribution in [0.1, 0.15) is 49.6 Å². The molecule has 0 fully saturated rings. The standard InChI is InChI=1S/C18H32N4O2S/c1-6-7-8-10-17(24)22(12-9-11-21(4)5)13-16(23)20-18-19-14(2)15(3)25-18/h6-13H2,1-5H3,(H,19,20,23). The molecular formula is C18H32N4O2S. The minimum atomic E-state index is -0.178. The van der Waals surface area contributed by atoms with Gasteiger partial charge in [0, 0.05) is 17.8 Å². The lowest BCUT2D eigenvalue weighted by Gasteiger charge is -2.23. The van der Waals surface area contributed by atoms with Crippen LogP contribution in [0.2, 0.25) is 0 Å². The highest BCUT2D eigenvalue weighted by Crippen LogP contribution is 2.21. The maximum Gasteiger partial charge on any atom is 0.245 e. The maximum atomic E-state index is 12.5. The van der Waals surface area contributed by atoms with Crippen LogP contribution in [0.5, 0.6) is 0 Å². The fourth-order valence-electron chi connectivity index (χ4n) is 2.41. The summed E-state index contributed by atoms with van der Waals surface area (Å²) in [6, 6.07) is 0. The van der Waals surface area contributed by atoms with Crippen LogP contribution in [0.15, 0.2) is 0 Å². The zero-order valence-electron chi connectivity index (χ0n) is 16.2. The van der Waals surface area contributed by atoms with Crippen molar-refractivity contribution < 1.29 is 9.59 Å². The Hall–Kier alpha value is -1.47.